The number of hydrogen-bond acceptors (Lipinski definition) is 0. The molecule has 0 heterocycles. The zero-order chi connectivity index (χ0) is 8.59. The molecule has 1 aliphatic carbocycles. The fraction of sp³-hybridized carbons (Fsp3) is 0.556. The molecule has 0 nitrogen and oxygen atoms in total. The van der Waals surface area contributed by atoms with Gasteiger partial charge in [-0.15, -0.1) is 0 Å². The number of hydrogen-bond donors (Lipinski definition) is 0. The van der Waals surface area contributed by atoms with Crippen molar-refractivity contribution in [2.75, 3.05) is 0 Å². The zero-order valence-corrected chi connectivity index (χ0v) is 13.9. The summed E-state index contributed by atoms with van der Waals surface area (Å²) >= 11 is -0.158. The minimum atomic E-state index is -0.158. The maximum atomic E-state index is 2.36. The molecule has 1 atom stereocenters. The second-order valence-electron chi connectivity index (χ2n) is 3.25. The van der Waals surface area contributed by atoms with Crippen LogP contribution >= 0.6 is 0 Å². The van der Waals surface area contributed by atoms with E-state index >= 15 is 0 Å². The van der Waals surface area contributed by atoms with E-state index in [1.165, 1.54) is 0 Å². The van der Waals surface area contributed by atoms with Gasteiger partial charge in [0.25, 0.3) is 0 Å². The molecule has 1 aliphatic rings. The monoisotopic (exact) mass is 311 g/mol. The van der Waals surface area contributed by atoms with E-state index in [9.17, 15) is 0 Å². The predicted molar refractivity (Wildman–Crippen MR) is 48.8 cm³/mol. The molecule has 0 radical (unpaired) electrons. The number of rotatable bonds is 1. The minimum Gasteiger partial charge on any atom is -1.00 e. The van der Waals surface area contributed by atoms with Gasteiger partial charge in [-0.1, -0.05) is 0 Å². The molecule has 1 unspecified atom stereocenters. The first-order valence-corrected chi connectivity index (χ1v) is 11.2. The van der Waals surface area contributed by atoms with Crippen LogP contribution in [-0.4, -0.2) is 6.88 Å². The normalized spacial score (nSPS) is 20.8. The second kappa shape index (κ2) is 6.61. The van der Waals surface area contributed by atoms with E-state index in [0.29, 0.717) is 0 Å². The standard InChI is InChI=1S/C9H13.2ClH.H2Si.Zr/c1-6-5-7(2)9(4)8(6)3;;;;/h6H,1-4H3;2*1H;1H2;/q;;;;+2/p-2. The van der Waals surface area contributed by atoms with E-state index in [4.69, 9.17) is 0 Å². The molecular weight excluding hydrogens is 298 g/mol. The summed E-state index contributed by atoms with van der Waals surface area (Å²) < 4.78 is 1.82. The SMILES string of the molecule is CC1=C(C)C(C)[C]([Zr+2]=[SiH2])=C1C.[Cl-].[Cl-]. The van der Waals surface area contributed by atoms with Crippen LogP contribution in [0.1, 0.15) is 27.7 Å². The van der Waals surface area contributed by atoms with Gasteiger partial charge in [0.15, 0.2) is 0 Å². The molecule has 0 aliphatic heterocycles. The van der Waals surface area contributed by atoms with Crippen LogP contribution in [0, 0.1) is 5.92 Å². The summed E-state index contributed by atoms with van der Waals surface area (Å²) in [6, 6.07) is 0. The Morgan fingerprint density at radius 3 is 1.69 bits per heavy atom. The van der Waals surface area contributed by atoms with Crippen LogP contribution < -0.4 is 24.8 Å². The van der Waals surface area contributed by atoms with Crippen molar-refractivity contribution in [2.45, 2.75) is 27.7 Å². The van der Waals surface area contributed by atoms with Crippen molar-refractivity contribution in [3.8, 4) is 0 Å². The van der Waals surface area contributed by atoms with Gasteiger partial charge >= 0.3 is 82.3 Å². The van der Waals surface area contributed by atoms with Gasteiger partial charge in [0.2, 0.25) is 0 Å². The van der Waals surface area contributed by atoms with Gasteiger partial charge in [-0.2, -0.15) is 0 Å². The van der Waals surface area contributed by atoms with E-state index in [0.717, 1.165) is 5.92 Å². The summed E-state index contributed by atoms with van der Waals surface area (Å²) in [7, 11) is 0. The Labute approximate surface area is 106 Å². The van der Waals surface area contributed by atoms with Gasteiger partial charge in [-0.25, -0.2) is 0 Å². The quantitative estimate of drug-likeness (QED) is 0.432. The molecule has 1 rings (SSSR count). The van der Waals surface area contributed by atoms with Crippen LogP contribution in [0.2, 0.25) is 0 Å². The van der Waals surface area contributed by atoms with Gasteiger partial charge < -0.3 is 24.8 Å². The third-order valence-electron chi connectivity index (χ3n) is 2.83. The first-order chi connectivity index (χ1) is 5.09. The molecule has 73 valence electrons. The van der Waals surface area contributed by atoms with Crippen molar-refractivity contribution in [1.82, 2.24) is 0 Å². The second-order valence-corrected chi connectivity index (χ2v) is 7.53. The fourth-order valence-electron chi connectivity index (χ4n) is 1.65. The van der Waals surface area contributed by atoms with E-state index in [2.05, 4.69) is 34.6 Å². The van der Waals surface area contributed by atoms with Crippen molar-refractivity contribution < 1.29 is 46.7 Å². The van der Waals surface area contributed by atoms with Crippen LogP contribution in [-0.2, 0) is 21.9 Å². The third kappa shape index (κ3) is 3.06. The van der Waals surface area contributed by atoms with Crippen LogP contribution in [0.15, 0.2) is 20.0 Å². The Hall–Kier alpha value is 1.16. The molecular formula is C9H15Cl2SiZr. The Kier molecular flexibility index (Phi) is 8.43. The van der Waals surface area contributed by atoms with Gasteiger partial charge in [0, 0.05) is 0 Å². The number of halogens is 2. The molecule has 0 bridgehead atoms. The zero-order valence-electron chi connectivity index (χ0n) is 8.54. The van der Waals surface area contributed by atoms with E-state index in [1.54, 1.807) is 16.7 Å². The van der Waals surface area contributed by atoms with Crippen molar-refractivity contribution in [3.05, 3.63) is 20.0 Å². The minimum absolute atomic E-state index is 0. The van der Waals surface area contributed by atoms with Gasteiger partial charge in [-0.05, 0) is 0 Å². The Morgan fingerprint density at radius 1 is 1.08 bits per heavy atom. The smallest absolute Gasteiger partial charge is 1.00 e. The van der Waals surface area contributed by atoms with Crippen molar-refractivity contribution in [1.29, 1.82) is 0 Å². The summed E-state index contributed by atoms with van der Waals surface area (Å²) in [5.41, 5.74) is 4.81. The molecule has 0 amide bonds. The predicted octanol–water partition coefficient (Wildman–Crippen LogP) is -4.11. The fourth-order valence-corrected chi connectivity index (χ4v) is 7.43. The summed E-state index contributed by atoms with van der Waals surface area (Å²) in [5.74, 6) is 0.791. The summed E-state index contributed by atoms with van der Waals surface area (Å²) in [4.78, 5) is 0. The van der Waals surface area contributed by atoms with Crippen molar-refractivity contribution >= 4 is 6.88 Å². The van der Waals surface area contributed by atoms with Gasteiger partial charge in [0.1, 0.15) is 0 Å². The largest absolute Gasteiger partial charge is 1.00 e. The van der Waals surface area contributed by atoms with Crippen molar-refractivity contribution in [2.24, 2.45) is 5.92 Å². The maximum Gasteiger partial charge on any atom is -1.00 e. The average molecular weight is 313 g/mol. The maximum absolute atomic E-state index is 2.36. The molecule has 0 saturated heterocycles. The van der Waals surface area contributed by atoms with Crippen LogP contribution in [0.25, 0.3) is 0 Å². The van der Waals surface area contributed by atoms with E-state index < -0.39 is 0 Å². The Bertz CT molecular complexity index is 269. The summed E-state index contributed by atoms with van der Waals surface area (Å²) in [5, 5.41) is 0. The van der Waals surface area contributed by atoms with Crippen LogP contribution in [0.3, 0.4) is 0 Å². The molecule has 0 fully saturated rings. The van der Waals surface area contributed by atoms with Crippen LogP contribution in [0.5, 0.6) is 0 Å². The molecule has 4 heteroatoms. The molecule has 13 heavy (non-hydrogen) atoms. The summed E-state index contributed by atoms with van der Waals surface area (Å²) in [6.07, 6.45) is 0. The van der Waals surface area contributed by atoms with Gasteiger partial charge in [-0.3, -0.25) is 0 Å². The van der Waals surface area contributed by atoms with E-state index in [1.807, 2.05) is 3.28 Å². The number of allylic oxidation sites excluding steroid dienone is 4. The average Bonchev–Trinajstić information content (AvgIpc) is 2.17. The van der Waals surface area contributed by atoms with Gasteiger partial charge in [0.05, 0.1) is 0 Å². The summed E-state index contributed by atoms with van der Waals surface area (Å²) in [6.45, 7) is 11.4. The molecule has 0 aromatic rings. The topological polar surface area (TPSA) is 0 Å². The first-order valence-electron chi connectivity index (χ1n) is 4.01. The first kappa shape index (κ1) is 16.6. The Morgan fingerprint density at radius 2 is 1.54 bits per heavy atom. The molecule has 0 aromatic carbocycles. The Balaban J connectivity index is 0. The van der Waals surface area contributed by atoms with Crippen LogP contribution in [0.4, 0.5) is 0 Å². The third-order valence-corrected chi connectivity index (χ3v) is 8.01. The molecule has 0 saturated carbocycles. The van der Waals surface area contributed by atoms with Crippen molar-refractivity contribution in [3.63, 3.8) is 0 Å². The molecule has 0 spiro atoms. The molecule has 0 aromatic heterocycles. The van der Waals surface area contributed by atoms with E-state index in [-0.39, 0.29) is 46.7 Å². The molecule has 0 N–H and O–H groups in total.